The second kappa shape index (κ2) is 3.29. The summed E-state index contributed by atoms with van der Waals surface area (Å²) in [6.07, 6.45) is 4.50. The van der Waals surface area contributed by atoms with Gasteiger partial charge in [-0.15, -0.1) is 0 Å². The zero-order chi connectivity index (χ0) is 9.31. The first-order chi connectivity index (χ1) is 6.27. The number of fused-ring (bicyclic) bond motifs is 1. The van der Waals surface area contributed by atoms with Gasteiger partial charge in [0.05, 0.1) is 0 Å². The molecule has 74 valence electrons. The summed E-state index contributed by atoms with van der Waals surface area (Å²) >= 11 is 0. The smallest absolute Gasteiger partial charge is 0.219 e. The van der Waals surface area contributed by atoms with E-state index >= 15 is 0 Å². The minimum Gasteiger partial charge on any atom is -0.354 e. The number of hydrogen-bond acceptors (Lipinski definition) is 2. The maximum Gasteiger partial charge on any atom is 0.219 e. The Morgan fingerprint density at radius 3 is 3.23 bits per heavy atom. The summed E-state index contributed by atoms with van der Waals surface area (Å²) in [6.45, 7) is 3.86. The largest absolute Gasteiger partial charge is 0.354 e. The van der Waals surface area contributed by atoms with Crippen molar-refractivity contribution in [2.24, 2.45) is 5.92 Å². The van der Waals surface area contributed by atoms with Crippen molar-refractivity contribution in [1.82, 2.24) is 10.6 Å². The molecular formula is C10H18N2O. The van der Waals surface area contributed by atoms with E-state index in [0.29, 0.717) is 12.0 Å². The summed E-state index contributed by atoms with van der Waals surface area (Å²) in [5.41, 5.74) is 0.295. The lowest BCUT2D eigenvalue weighted by Gasteiger charge is -2.24. The lowest BCUT2D eigenvalue weighted by molar-refractivity contribution is -0.120. The van der Waals surface area contributed by atoms with Gasteiger partial charge in [0.2, 0.25) is 5.91 Å². The van der Waals surface area contributed by atoms with E-state index in [-0.39, 0.29) is 5.91 Å². The Balaban J connectivity index is 1.79. The molecule has 3 nitrogen and oxygen atoms in total. The average Bonchev–Trinajstić information content (AvgIpc) is 2.89. The van der Waals surface area contributed by atoms with Gasteiger partial charge in [0.15, 0.2) is 0 Å². The van der Waals surface area contributed by atoms with Gasteiger partial charge < -0.3 is 10.6 Å². The molecule has 2 unspecified atom stereocenters. The zero-order valence-electron chi connectivity index (χ0n) is 8.23. The first kappa shape index (κ1) is 9.00. The summed E-state index contributed by atoms with van der Waals surface area (Å²) in [5.74, 6) is 1.01. The molecule has 0 radical (unpaired) electrons. The Bertz CT molecular complexity index is 217. The quantitative estimate of drug-likeness (QED) is 0.673. The molecule has 0 spiro atoms. The Kier molecular flexibility index (Phi) is 2.28. The molecule has 2 atom stereocenters. The van der Waals surface area contributed by atoms with Crippen LogP contribution in [0.3, 0.4) is 0 Å². The number of piperidine rings is 1. The number of amides is 1. The molecule has 2 aliphatic rings. The number of nitrogens with one attached hydrogen (secondary N) is 2. The van der Waals surface area contributed by atoms with Gasteiger partial charge in [0.25, 0.3) is 0 Å². The van der Waals surface area contributed by atoms with Crippen LogP contribution in [0.2, 0.25) is 0 Å². The minimum atomic E-state index is 0.174. The molecule has 1 saturated carbocycles. The lowest BCUT2D eigenvalue weighted by atomic mass is 10.1. The fraction of sp³-hybridized carbons (Fsp3) is 0.900. The van der Waals surface area contributed by atoms with Crippen LogP contribution in [-0.2, 0) is 4.79 Å². The Hall–Kier alpha value is -0.570. The molecule has 1 aliphatic heterocycles. The third-order valence-electron chi connectivity index (χ3n) is 3.36. The monoisotopic (exact) mass is 182 g/mol. The molecule has 1 aliphatic carbocycles. The molecule has 2 N–H and O–H groups in total. The molecule has 1 amide bonds. The molecule has 2 rings (SSSR count). The minimum absolute atomic E-state index is 0.174. The summed E-state index contributed by atoms with van der Waals surface area (Å²) in [4.78, 5) is 11.1. The average molecular weight is 182 g/mol. The topological polar surface area (TPSA) is 41.1 Å². The molecule has 2 fully saturated rings. The van der Waals surface area contributed by atoms with Crippen LogP contribution in [0.25, 0.3) is 0 Å². The highest BCUT2D eigenvalue weighted by molar-refractivity contribution is 5.75. The third-order valence-corrected chi connectivity index (χ3v) is 3.36. The van der Waals surface area contributed by atoms with Crippen LogP contribution in [-0.4, -0.2) is 24.5 Å². The van der Waals surface area contributed by atoms with Crippen LogP contribution >= 0.6 is 0 Å². The zero-order valence-corrected chi connectivity index (χ0v) is 8.23. The highest BCUT2D eigenvalue weighted by Crippen LogP contribution is 2.48. The molecule has 1 heterocycles. The molecule has 3 heteroatoms. The molecule has 0 bridgehead atoms. The van der Waals surface area contributed by atoms with Crippen molar-refractivity contribution in [2.45, 2.75) is 38.1 Å². The van der Waals surface area contributed by atoms with Crippen molar-refractivity contribution >= 4 is 5.91 Å². The second-order valence-corrected chi connectivity index (χ2v) is 4.26. The van der Waals surface area contributed by atoms with Crippen LogP contribution in [0.1, 0.15) is 32.6 Å². The van der Waals surface area contributed by atoms with E-state index in [2.05, 4.69) is 10.6 Å². The van der Waals surface area contributed by atoms with Crippen molar-refractivity contribution in [3.63, 3.8) is 0 Å². The Labute approximate surface area is 79.3 Å². The summed E-state index contributed by atoms with van der Waals surface area (Å²) < 4.78 is 0. The van der Waals surface area contributed by atoms with Crippen molar-refractivity contribution < 1.29 is 4.79 Å². The molecule has 13 heavy (non-hydrogen) atoms. The van der Waals surface area contributed by atoms with Gasteiger partial charge in [-0.2, -0.15) is 0 Å². The Morgan fingerprint density at radius 2 is 2.54 bits per heavy atom. The highest BCUT2D eigenvalue weighted by atomic mass is 16.1. The van der Waals surface area contributed by atoms with Crippen LogP contribution in [0.15, 0.2) is 0 Å². The SMILES string of the molecule is CCC(=O)NCC12CC1CCCN2. The number of carbonyl (C=O) groups is 1. The second-order valence-electron chi connectivity index (χ2n) is 4.26. The van der Waals surface area contributed by atoms with Crippen molar-refractivity contribution in [3.05, 3.63) is 0 Å². The van der Waals surface area contributed by atoms with Gasteiger partial charge in [-0.25, -0.2) is 0 Å². The van der Waals surface area contributed by atoms with E-state index < -0.39 is 0 Å². The molecular weight excluding hydrogens is 164 g/mol. The fourth-order valence-electron chi connectivity index (χ4n) is 2.32. The summed E-state index contributed by atoms with van der Waals surface area (Å²) in [6, 6.07) is 0. The van der Waals surface area contributed by atoms with Crippen molar-refractivity contribution in [2.75, 3.05) is 13.1 Å². The Morgan fingerprint density at radius 1 is 1.69 bits per heavy atom. The van der Waals surface area contributed by atoms with E-state index in [4.69, 9.17) is 0 Å². The normalized spacial score (nSPS) is 36.5. The molecule has 0 aromatic carbocycles. The molecule has 0 aromatic heterocycles. The van der Waals surface area contributed by atoms with Gasteiger partial charge in [0, 0.05) is 18.5 Å². The van der Waals surface area contributed by atoms with Crippen LogP contribution in [0, 0.1) is 5.92 Å². The van der Waals surface area contributed by atoms with Gasteiger partial charge in [-0.05, 0) is 31.7 Å². The predicted octanol–water partition coefficient (Wildman–Crippen LogP) is 0.655. The lowest BCUT2D eigenvalue weighted by Crippen LogP contribution is -2.46. The standard InChI is InChI=1S/C10H18N2O/c1-2-9(13)11-7-10-6-8(10)4-3-5-12-10/h8,12H,2-7H2,1H3,(H,11,13). The molecule has 1 saturated heterocycles. The number of carbonyl (C=O) groups excluding carboxylic acids is 1. The van der Waals surface area contributed by atoms with Crippen molar-refractivity contribution in [3.8, 4) is 0 Å². The third kappa shape index (κ3) is 1.70. The summed E-state index contributed by atoms with van der Waals surface area (Å²) in [5, 5.41) is 6.52. The predicted molar refractivity (Wildman–Crippen MR) is 51.4 cm³/mol. The van der Waals surface area contributed by atoms with Gasteiger partial charge in [0.1, 0.15) is 0 Å². The van der Waals surface area contributed by atoms with Gasteiger partial charge in [-0.3, -0.25) is 4.79 Å². The van der Waals surface area contributed by atoms with Crippen LogP contribution in [0.4, 0.5) is 0 Å². The summed E-state index contributed by atoms with van der Waals surface area (Å²) in [7, 11) is 0. The van der Waals surface area contributed by atoms with Gasteiger partial charge in [-0.1, -0.05) is 6.92 Å². The fourth-order valence-corrected chi connectivity index (χ4v) is 2.32. The van der Waals surface area contributed by atoms with Crippen molar-refractivity contribution in [1.29, 1.82) is 0 Å². The molecule has 0 aromatic rings. The van der Waals surface area contributed by atoms with E-state index in [1.54, 1.807) is 0 Å². The maximum atomic E-state index is 11.1. The number of rotatable bonds is 3. The van der Waals surface area contributed by atoms with E-state index in [0.717, 1.165) is 19.0 Å². The van der Waals surface area contributed by atoms with Crippen LogP contribution < -0.4 is 10.6 Å². The first-order valence-electron chi connectivity index (χ1n) is 5.28. The van der Waals surface area contributed by atoms with E-state index in [1.807, 2.05) is 6.92 Å². The first-order valence-corrected chi connectivity index (χ1v) is 5.28. The highest BCUT2D eigenvalue weighted by Gasteiger charge is 2.54. The van der Waals surface area contributed by atoms with Gasteiger partial charge >= 0.3 is 0 Å². The maximum absolute atomic E-state index is 11.1. The van der Waals surface area contributed by atoms with E-state index in [1.165, 1.54) is 19.3 Å². The number of hydrogen-bond donors (Lipinski definition) is 2. The van der Waals surface area contributed by atoms with Crippen LogP contribution in [0.5, 0.6) is 0 Å². The van der Waals surface area contributed by atoms with E-state index in [9.17, 15) is 4.79 Å².